The molecule has 7 heteroatoms. The van der Waals surface area contributed by atoms with E-state index in [9.17, 15) is 4.39 Å². The van der Waals surface area contributed by atoms with Gasteiger partial charge in [0.15, 0.2) is 0 Å². The first kappa shape index (κ1) is 15.6. The Morgan fingerprint density at radius 3 is 2.83 bits per heavy atom. The molecular weight excluding hydrogens is 337 g/mol. The predicted molar refractivity (Wildman–Crippen MR) is 95.7 cm³/mol. The smallest absolute Gasteiger partial charge is 0.135 e. The Balaban J connectivity index is 0.00000156. The molecule has 2 heterocycles. The molecule has 0 unspecified atom stereocenters. The van der Waals surface area contributed by atoms with Gasteiger partial charge < -0.3 is 15.8 Å². The minimum atomic E-state index is -0.314. The van der Waals surface area contributed by atoms with Crippen LogP contribution in [0.25, 0.3) is 10.1 Å². The maximum Gasteiger partial charge on any atom is 0.135 e. The van der Waals surface area contributed by atoms with E-state index in [0.717, 1.165) is 26.4 Å². The van der Waals surface area contributed by atoms with Crippen molar-refractivity contribution in [2.75, 3.05) is 12.4 Å². The summed E-state index contributed by atoms with van der Waals surface area (Å²) in [5.74, 6) is 0.890. The van der Waals surface area contributed by atoms with Gasteiger partial charge in [-0.2, -0.15) is 0 Å². The molecular formula is C16H13ClFN3OS. The molecule has 0 spiro atoms. The predicted octanol–water partition coefficient (Wildman–Crippen LogP) is 4.56. The van der Waals surface area contributed by atoms with Gasteiger partial charge in [-0.1, -0.05) is 0 Å². The first-order valence-electron chi connectivity index (χ1n) is 6.67. The number of thiophene rings is 1. The molecule has 1 aliphatic heterocycles. The summed E-state index contributed by atoms with van der Waals surface area (Å²) in [5, 5.41) is 5.10. The van der Waals surface area contributed by atoms with E-state index >= 15 is 0 Å². The number of aliphatic imine (C=N–C) groups is 1. The third kappa shape index (κ3) is 2.50. The number of rotatable bonds is 1. The van der Waals surface area contributed by atoms with Crippen molar-refractivity contribution in [2.24, 2.45) is 10.7 Å². The van der Waals surface area contributed by atoms with Gasteiger partial charge in [-0.3, -0.25) is 0 Å². The fraction of sp³-hybridized carbons (Fsp3) is 0.0625. The summed E-state index contributed by atoms with van der Waals surface area (Å²) in [6, 6.07) is 10.2. The molecule has 3 N–H and O–H groups in total. The monoisotopic (exact) mass is 349 g/mol. The standard InChI is InChI=1S/C16H12FN3OS.ClH/c1-21-9-3-4-10-13(7-9)22-16-14(10)15(18)19-11-5-2-8(17)6-12(11)20-16;/h2-7,20H,1H3,(H2,18,19);1H. The summed E-state index contributed by atoms with van der Waals surface area (Å²) in [4.78, 5) is 4.43. The van der Waals surface area contributed by atoms with E-state index in [1.54, 1.807) is 24.5 Å². The third-order valence-electron chi connectivity index (χ3n) is 3.60. The average molecular weight is 350 g/mol. The van der Waals surface area contributed by atoms with Gasteiger partial charge in [0.25, 0.3) is 0 Å². The molecule has 0 bridgehead atoms. The molecule has 0 aliphatic carbocycles. The second-order valence-corrected chi connectivity index (χ2v) is 6.00. The van der Waals surface area contributed by atoms with E-state index in [2.05, 4.69) is 10.3 Å². The summed E-state index contributed by atoms with van der Waals surface area (Å²) in [6.45, 7) is 0. The Morgan fingerprint density at radius 1 is 1.22 bits per heavy atom. The molecule has 0 saturated carbocycles. The maximum absolute atomic E-state index is 13.5. The van der Waals surface area contributed by atoms with Crippen LogP contribution >= 0.6 is 23.7 Å². The zero-order chi connectivity index (χ0) is 15.3. The number of benzene rings is 2. The number of hydrogen-bond donors (Lipinski definition) is 2. The van der Waals surface area contributed by atoms with E-state index in [1.165, 1.54) is 12.1 Å². The molecule has 1 aliphatic rings. The minimum absolute atomic E-state index is 0. The number of ether oxygens (including phenoxy) is 1. The maximum atomic E-state index is 13.5. The van der Waals surface area contributed by atoms with E-state index in [4.69, 9.17) is 10.5 Å². The lowest BCUT2D eigenvalue weighted by molar-refractivity contribution is 0.415. The van der Waals surface area contributed by atoms with Crippen molar-refractivity contribution >= 4 is 56.0 Å². The fourth-order valence-electron chi connectivity index (χ4n) is 2.56. The zero-order valence-corrected chi connectivity index (χ0v) is 13.7. The van der Waals surface area contributed by atoms with Gasteiger partial charge in [-0.15, -0.1) is 23.7 Å². The number of hydrogen-bond acceptors (Lipinski definition) is 5. The van der Waals surface area contributed by atoms with E-state index in [0.29, 0.717) is 17.2 Å². The highest BCUT2D eigenvalue weighted by Gasteiger charge is 2.20. The van der Waals surface area contributed by atoms with Gasteiger partial charge in [-0.25, -0.2) is 9.38 Å². The Morgan fingerprint density at radius 2 is 2.04 bits per heavy atom. The zero-order valence-electron chi connectivity index (χ0n) is 12.1. The van der Waals surface area contributed by atoms with Crippen LogP contribution in [0.2, 0.25) is 0 Å². The largest absolute Gasteiger partial charge is 0.497 e. The molecule has 0 saturated heterocycles. The van der Waals surface area contributed by atoms with Crippen LogP contribution in [0.4, 0.5) is 20.8 Å². The second-order valence-electron chi connectivity index (χ2n) is 4.95. The molecule has 4 nitrogen and oxygen atoms in total. The lowest BCUT2D eigenvalue weighted by Crippen LogP contribution is -2.12. The van der Waals surface area contributed by atoms with Crippen LogP contribution in [0.3, 0.4) is 0 Å². The number of nitrogens with two attached hydrogens (primary N) is 1. The number of halogens is 2. The van der Waals surface area contributed by atoms with Crippen LogP contribution in [0.15, 0.2) is 41.4 Å². The molecule has 0 amide bonds. The van der Waals surface area contributed by atoms with Crippen LogP contribution in [-0.2, 0) is 0 Å². The number of nitrogens with one attached hydrogen (secondary N) is 1. The SMILES string of the molecule is COc1ccc2c3c(sc2c1)Nc1cc(F)ccc1N=C3N.Cl. The van der Waals surface area contributed by atoms with Gasteiger partial charge in [0.05, 0.1) is 24.0 Å². The van der Waals surface area contributed by atoms with Crippen molar-refractivity contribution in [1.29, 1.82) is 0 Å². The van der Waals surface area contributed by atoms with Crippen molar-refractivity contribution in [3.63, 3.8) is 0 Å². The highest BCUT2D eigenvalue weighted by atomic mass is 35.5. The first-order valence-corrected chi connectivity index (χ1v) is 7.49. The third-order valence-corrected chi connectivity index (χ3v) is 4.67. The number of nitrogens with zero attached hydrogens (tertiary/aromatic N) is 1. The van der Waals surface area contributed by atoms with Crippen LogP contribution in [-0.4, -0.2) is 12.9 Å². The molecule has 0 atom stereocenters. The van der Waals surface area contributed by atoms with Crippen molar-refractivity contribution < 1.29 is 9.13 Å². The number of amidine groups is 1. The van der Waals surface area contributed by atoms with Crippen LogP contribution in [0, 0.1) is 5.82 Å². The molecule has 0 radical (unpaired) electrons. The Kier molecular flexibility index (Phi) is 3.87. The highest BCUT2D eigenvalue weighted by Crippen LogP contribution is 2.43. The Hall–Kier alpha value is -2.31. The van der Waals surface area contributed by atoms with Crippen LogP contribution < -0.4 is 15.8 Å². The quantitative estimate of drug-likeness (QED) is 0.676. The lowest BCUT2D eigenvalue weighted by atomic mass is 10.1. The molecule has 4 rings (SSSR count). The van der Waals surface area contributed by atoms with Crippen molar-refractivity contribution in [2.45, 2.75) is 0 Å². The summed E-state index contributed by atoms with van der Waals surface area (Å²) in [7, 11) is 1.63. The topological polar surface area (TPSA) is 59.6 Å². The van der Waals surface area contributed by atoms with E-state index in [-0.39, 0.29) is 18.2 Å². The molecule has 0 fully saturated rings. The number of fused-ring (bicyclic) bond motifs is 4. The lowest BCUT2D eigenvalue weighted by Gasteiger charge is -2.05. The molecule has 118 valence electrons. The Bertz CT molecular complexity index is 938. The Labute approximate surface area is 142 Å². The molecule has 1 aromatic heterocycles. The van der Waals surface area contributed by atoms with Crippen molar-refractivity contribution in [1.82, 2.24) is 0 Å². The highest BCUT2D eigenvalue weighted by molar-refractivity contribution is 7.23. The van der Waals surface area contributed by atoms with Gasteiger partial charge in [0.2, 0.25) is 0 Å². The normalized spacial score (nSPS) is 12.3. The molecule has 3 aromatic rings. The minimum Gasteiger partial charge on any atom is -0.497 e. The van der Waals surface area contributed by atoms with Crippen molar-refractivity contribution in [3.8, 4) is 5.75 Å². The average Bonchev–Trinajstić information content (AvgIpc) is 2.80. The van der Waals surface area contributed by atoms with Gasteiger partial charge in [-0.05, 0) is 36.4 Å². The molecule has 2 aromatic carbocycles. The molecule has 23 heavy (non-hydrogen) atoms. The van der Waals surface area contributed by atoms with Crippen LogP contribution in [0.1, 0.15) is 5.56 Å². The summed E-state index contributed by atoms with van der Waals surface area (Å²) in [6.07, 6.45) is 0. The first-order chi connectivity index (χ1) is 10.7. The number of methoxy groups -OCH3 is 1. The van der Waals surface area contributed by atoms with E-state index < -0.39 is 0 Å². The van der Waals surface area contributed by atoms with Crippen molar-refractivity contribution in [3.05, 3.63) is 47.8 Å². The van der Waals surface area contributed by atoms with Gasteiger partial charge in [0.1, 0.15) is 22.4 Å². The van der Waals surface area contributed by atoms with Gasteiger partial charge >= 0.3 is 0 Å². The summed E-state index contributed by atoms with van der Waals surface area (Å²) >= 11 is 1.54. The van der Waals surface area contributed by atoms with E-state index in [1.807, 2.05) is 18.2 Å². The van der Waals surface area contributed by atoms with Crippen LogP contribution in [0.5, 0.6) is 5.75 Å². The van der Waals surface area contributed by atoms with Gasteiger partial charge in [0, 0.05) is 10.1 Å². The fourth-order valence-corrected chi connectivity index (χ4v) is 3.71. The summed E-state index contributed by atoms with van der Waals surface area (Å²) in [5.41, 5.74) is 8.26. The summed E-state index contributed by atoms with van der Waals surface area (Å²) < 4.78 is 19.8. The second kappa shape index (κ2) is 5.72. The number of anilines is 2.